The van der Waals surface area contributed by atoms with Crippen LogP contribution in [0.5, 0.6) is 0 Å². The van der Waals surface area contributed by atoms with Gasteiger partial charge in [0, 0.05) is 18.3 Å². The van der Waals surface area contributed by atoms with E-state index in [1.165, 1.54) is 12.1 Å². The van der Waals surface area contributed by atoms with Gasteiger partial charge in [-0.2, -0.15) is 5.10 Å². The number of halogens is 2. The van der Waals surface area contributed by atoms with Gasteiger partial charge in [0.15, 0.2) is 11.6 Å². The molecule has 0 aliphatic carbocycles. The lowest BCUT2D eigenvalue weighted by molar-refractivity contribution is 0.510. The second kappa shape index (κ2) is 4.99. The van der Waals surface area contributed by atoms with Gasteiger partial charge < -0.3 is 5.32 Å². The van der Waals surface area contributed by atoms with Crippen LogP contribution in [0.25, 0.3) is 0 Å². The maximum Gasteiger partial charge on any atom is 0.181 e. The average Bonchev–Trinajstić information content (AvgIpc) is 2.59. The zero-order valence-electron chi connectivity index (χ0n) is 11.5. The highest BCUT2D eigenvalue weighted by Gasteiger charge is 2.18. The number of aromatic nitrogens is 2. The molecule has 102 valence electrons. The van der Waals surface area contributed by atoms with Crippen molar-refractivity contribution in [1.29, 1.82) is 0 Å². The van der Waals surface area contributed by atoms with Gasteiger partial charge in [0.25, 0.3) is 0 Å². The summed E-state index contributed by atoms with van der Waals surface area (Å²) in [6, 6.07) is 3.96. The molecular weight excluding hydrogens is 248 g/mol. The number of hydrogen-bond acceptors (Lipinski definition) is 2. The molecular formula is C14H17F2N3. The number of anilines is 1. The van der Waals surface area contributed by atoms with Gasteiger partial charge in [0.1, 0.15) is 0 Å². The van der Waals surface area contributed by atoms with Crippen molar-refractivity contribution in [3.63, 3.8) is 0 Å². The van der Waals surface area contributed by atoms with E-state index < -0.39 is 11.6 Å². The molecule has 19 heavy (non-hydrogen) atoms. The van der Waals surface area contributed by atoms with Crippen LogP contribution in [0.4, 0.5) is 14.5 Å². The van der Waals surface area contributed by atoms with Crippen molar-refractivity contribution in [3.05, 3.63) is 46.8 Å². The van der Waals surface area contributed by atoms with E-state index in [1.54, 1.807) is 4.68 Å². The van der Waals surface area contributed by atoms with Crippen molar-refractivity contribution in [2.75, 3.05) is 5.32 Å². The molecule has 0 amide bonds. The third-order valence-electron chi connectivity index (χ3n) is 3.32. The predicted octanol–water partition coefficient (Wildman–Crippen LogP) is 3.49. The smallest absolute Gasteiger partial charge is 0.181 e. The van der Waals surface area contributed by atoms with Gasteiger partial charge in [-0.25, -0.2) is 8.78 Å². The molecule has 1 heterocycles. The van der Waals surface area contributed by atoms with Crippen molar-refractivity contribution in [1.82, 2.24) is 9.78 Å². The number of nitrogens with one attached hydrogen (secondary N) is 1. The fourth-order valence-electron chi connectivity index (χ4n) is 2.34. The first-order chi connectivity index (χ1) is 8.91. The third kappa shape index (κ3) is 2.45. The van der Waals surface area contributed by atoms with E-state index in [-0.39, 0.29) is 11.7 Å². The summed E-state index contributed by atoms with van der Waals surface area (Å²) in [5.74, 6) is -1.70. The zero-order chi connectivity index (χ0) is 14.2. The van der Waals surface area contributed by atoms with Gasteiger partial charge in [-0.15, -0.1) is 0 Å². The Morgan fingerprint density at radius 3 is 2.53 bits per heavy atom. The molecule has 0 bridgehead atoms. The van der Waals surface area contributed by atoms with Gasteiger partial charge in [-0.3, -0.25) is 4.68 Å². The fourth-order valence-corrected chi connectivity index (χ4v) is 2.34. The molecule has 3 nitrogen and oxygen atoms in total. The minimum atomic E-state index is -0.853. The summed E-state index contributed by atoms with van der Waals surface area (Å²) in [6.45, 7) is 5.76. The van der Waals surface area contributed by atoms with Crippen LogP contribution in [0, 0.1) is 25.5 Å². The maximum atomic E-state index is 13.6. The Labute approximate surface area is 111 Å². The Balaban J connectivity index is 2.31. The number of rotatable bonds is 3. The molecule has 1 aromatic carbocycles. The van der Waals surface area contributed by atoms with E-state index >= 15 is 0 Å². The highest BCUT2D eigenvalue weighted by atomic mass is 19.2. The van der Waals surface area contributed by atoms with Crippen molar-refractivity contribution in [2.24, 2.45) is 7.05 Å². The van der Waals surface area contributed by atoms with Crippen LogP contribution in [-0.2, 0) is 7.05 Å². The number of nitrogens with zero attached hydrogens (tertiary/aromatic N) is 2. The second-order valence-corrected chi connectivity index (χ2v) is 4.68. The minimum Gasteiger partial charge on any atom is -0.376 e. The molecule has 1 N–H and O–H groups in total. The Kier molecular flexibility index (Phi) is 3.55. The molecule has 0 radical (unpaired) electrons. The second-order valence-electron chi connectivity index (χ2n) is 4.68. The Bertz CT molecular complexity index is 605. The molecule has 0 spiro atoms. The molecule has 5 heteroatoms. The fraction of sp³-hybridized carbons (Fsp3) is 0.357. The highest BCUT2D eigenvalue weighted by Crippen LogP contribution is 2.26. The molecule has 0 aliphatic rings. The summed E-state index contributed by atoms with van der Waals surface area (Å²) < 4.78 is 28.6. The summed E-state index contributed by atoms with van der Waals surface area (Å²) in [4.78, 5) is 0. The van der Waals surface area contributed by atoms with E-state index in [0.717, 1.165) is 23.0 Å². The zero-order valence-corrected chi connectivity index (χ0v) is 11.5. The van der Waals surface area contributed by atoms with E-state index in [0.29, 0.717) is 0 Å². The summed E-state index contributed by atoms with van der Waals surface area (Å²) in [5, 5.41) is 7.32. The standard InChI is InChI=1S/C14H17F2N3/c1-8(13-9(2)18-19(4)10(13)3)17-12-7-5-6-11(15)14(12)16/h5-8,17H,1-4H3. The number of aryl methyl sites for hydroxylation is 2. The van der Waals surface area contributed by atoms with Crippen molar-refractivity contribution >= 4 is 5.69 Å². The first kappa shape index (κ1) is 13.5. The molecule has 0 saturated carbocycles. The Hall–Kier alpha value is -1.91. The third-order valence-corrected chi connectivity index (χ3v) is 3.32. The van der Waals surface area contributed by atoms with Crippen LogP contribution in [-0.4, -0.2) is 9.78 Å². The largest absolute Gasteiger partial charge is 0.376 e. The molecule has 0 saturated heterocycles. The summed E-state index contributed by atoms with van der Waals surface area (Å²) in [7, 11) is 1.86. The topological polar surface area (TPSA) is 29.9 Å². The number of hydrogen-bond donors (Lipinski definition) is 1. The lowest BCUT2D eigenvalue weighted by Crippen LogP contribution is -2.10. The molecule has 2 aromatic rings. The SMILES string of the molecule is Cc1nn(C)c(C)c1C(C)Nc1cccc(F)c1F. The van der Waals surface area contributed by atoms with Crippen LogP contribution >= 0.6 is 0 Å². The first-order valence-corrected chi connectivity index (χ1v) is 6.12. The Morgan fingerprint density at radius 2 is 1.95 bits per heavy atom. The van der Waals surface area contributed by atoms with Crippen LogP contribution in [0.1, 0.15) is 29.9 Å². The molecule has 1 unspecified atom stereocenters. The highest BCUT2D eigenvalue weighted by molar-refractivity contribution is 5.48. The average molecular weight is 265 g/mol. The molecule has 1 aromatic heterocycles. The molecule has 0 fully saturated rings. The normalized spacial score (nSPS) is 12.5. The lowest BCUT2D eigenvalue weighted by atomic mass is 10.1. The number of benzene rings is 1. The summed E-state index contributed by atoms with van der Waals surface area (Å²) in [5.41, 5.74) is 3.06. The van der Waals surface area contributed by atoms with E-state index in [2.05, 4.69) is 10.4 Å². The van der Waals surface area contributed by atoms with E-state index in [1.807, 2.05) is 27.8 Å². The van der Waals surface area contributed by atoms with Crippen molar-refractivity contribution in [2.45, 2.75) is 26.8 Å². The molecule has 2 rings (SSSR count). The van der Waals surface area contributed by atoms with Crippen LogP contribution in [0.15, 0.2) is 18.2 Å². The summed E-state index contributed by atoms with van der Waals surface area (Å²) in [6.07, 6.45) is 0. The van der Waals surface area contributed by atoms with Crippen LogP contribution in [0.2, 0.25) is 0 Å². The quantitative estimate of drug-likeness (QED) is 0.920. The van der Waals surface area contributed by atoms with Gasteiger partial charge in [0.05, 0.1) is 17.4 Å². The van der Waals surface area contributed by atoms with Crippen molar-refractivity contribution < 1.29 is 8.78 Å². The summed E-state index contributed by atoms with van der Waals surface area (Å²) >= 11 is 0. The van der Waals surface area contributed by atoms with Gasteiger partial charge in [-0.05, 0) is 32.9 Å². The van der Waals surface area contributed by atoms with Crippen molar-refractivity contribution in [3.8, 4) is 0 Å². The minimum absolute atomic E-state index is 0.148. The molecule has 0 aliphatic heterocycles. The van der Waals surface area contributed by atoms with Gasteiger partial charge in [-0.1, -0.05) is 6.07 Å². The Morgan fingerprint density at radius 1 is 1.26 bits per heavy atom. The van der Waals surface area contributed by atoms with E-state index in [9.17, 15) is 8.78 Å². The monoisotopic (exact) mass is 265 g/mol. The molecule has 1 atom stereocenters. The predicted molar refractivity (Wildman–Crippen MR) is 71.1 cm³/mol. The van der Waals surface area contributed by atoms with Crippen LogP contribution in [0.3, 0.4) is 0 Å². The van der Waals surface area contributed by atoms with Gasteiger partial charge in [0.2, 0.25) is 0 Å². The van der Waals surface area contributed by atoms with Gasteiger partial charge >= 0.3 is 0 Å². The van der Waals surface area contributed by atoms with E-state index in [4.69, 9.17) is 0 Å². The lowest BCUT2D eigenvalue weighted by Gasteiger charge is -2.16. The van der Waals surface area contributed by atoms with Crippen LogP contribution < -0.4 is 5.32 Å². The first-order valence-electron chi connectivity index (χ1n) is 6.12. The maximum absolute atomic E-state index is 13.6.